The molecule has 0 spiro atoms. The second-order valence-corrected chi connectivity index (χ2v) is 7.20. The van der Waals surface area contributed by atoms with Crippen molar-refractivity contribution in [2.45, 2.75) is 31.8 Å². The van der Waals surface area contributed by atoms with Crippen LogP contribution in [0.5, 0.6) is 0 Å². The summed E-state index contributed by atoms with van der Waals surface area (Å²) in [6, 6.07) is 8.29. The Morgan fingerprint density at radius 1 is 1.32 bits per heavy atom. The minimum absolute atomic E-state index is 0.0894. The summed E-state index contributed by atoms with van der Waals surface area (Å²) >= 11 is 1.61. The lowest BCUT2D eigenvalue weighted by atomic mass is 9.79. The molecule has 5 heterocycles. The molecule has 3 aliphatic heterocycles. The minimum atomic E-state index is -0.0894. The van der Waals surface area contributed by atoms with Gasteiger partial charge in [-0.1, -0.05) is 6.07 Å². The van der Waals surface area contributed by atoms with Crippen LogP contribution in [0.2, 0.25) is 0 Å². The standard InChI is InChI=1S/C17H20N2O2S/c1-11-16(12-6-8-19(11)9-7-12)18-17(20)14-5-4-13(21-14)15-3-2-10-22-15/h2-5,10-12,16H,6-9H2,1H3,(H,18,20)/t11-,16-/m0/s1. The van der Waals surface area contributed by atoms with E-state index >= 15 is 0 Å². The number of fused-ring (bicyclic) bond motifs is 3. The molecular formula is C17H20N2O2S. The zero-order chi connectivity index (χ0) is 15.1. The number of nitrogens with zero attached hydrogens (tertiary/aromatic N) is 1. The molecule has 0 aromatic carbocycles. The van der Waals surface area contributed by atoms with Crippen LogP contribution in [0, 0.1) is 5.92 Å². The summed E-state index contributed by atoms with van der Waals surface area (Å²) in [5.41, 5.74) is 0. The van der Waals surface area contributed by atoms with Gasteiger partial charge in [-0.25, -0.2) is 0 Å². The Hall–Kier alpha value is -1.59. The second kappa shape index (κ2) is 5.56. The van der Waals surface area contributed by atoms with E-state index in [4.69, 9.17) is 4.42 Å². The fourth-order valence-corrected chi connectivity index (χ4v) is 4.47. The van der Waals surface area contributed by atoms with Crippen molar-refractivity contribution in [3.63, 3.8) is 0 Å². The molecule has 1 amide bonds. The molecule has 0 aliphatic carbocycles. The maximum absolute atomic E-state index is 12.5. The van der Waals surface area contributed by atoms with Gasteiger partial charge in [0.15, 0.2) is 5.76 Å². The molecule has 1 N–H and O–H groups in total. The third-order valence-electron chi connectivity index (χ3n) is 5.07. The molecule has 4 nitrogen and oxygen atoms in total. The maximum atomic E-state index is 12.5. The van der Waals surface area contributed by atoms with E-state index in [1.807, 2.05) is 23.6 Å². The van der Waals surface area contributed by atoms with Gasteiger partial charge >= 0.3 is 0 Å². The Kier molecular flexibility index (Phi) is 3.54. The highest BCUT2D eigenvalue weighted by Gasteiger charge is 2.40. The Morgan fingerprint density at radius 3 is 2.82 bits per heavy atom. The van der Waals surface area contributed by atoms with E-state index in [2.05, 4.69) is 17.1 Å². The monoisotopic (exact) mass is 316 g/mol. The van der Waals surface area contributed by atoms with Crippen LogP contribution in [-0.4, -0.2) is 36.0 Å². The van der Waals surface area contributed by atoms with Crippen molar-refractivity contribution in [1.29, 1.82) is 0 Å². The van der Waals surface area contributed by atoms with Crippen molar-refractivity contribution in [2.75, 3.05) is 13.1 Å². The largest absolute Gasteiger partial charge is 0.450 e. The van der Waals surface area contributed by atoms with Gasteiger partial charge in [0.1, 0.15) is 5.76 Å². The quantitative estimate of drug-likeness (QED) is 0.945. The first-order valence-electron chi connectivity index (χ1n) is 7.91. The highest BCUT2D eigenvalue weighted by atomic mass is 32.1. The molecule has 0 radical (unpaired) electrons. The predicted molar refractivity (Wildman–Crippen MR) is 87.0 cm³/mol. The third-order valence-corrected chi connectivity index (χ3v) is 5.95. The van der Waals surface area contributed by atoms with E-state index in [9.17, 15) is 4.79 Å². The summed E-state index contributed by atoms with van der Waals surface area (Å²) in [5, 5.41) is 5.21. The number of carbonyl (C=O) groups excluding carboxylic acids is 1. The van der Waals surface area contributed by atoms with E-state index in [0.717, 1.165) is 10.6 Å². The van der Waals surface area contributed by atoms with Gasteiger partial charge in [0.2, 0.25) is 0 Å². The van der Waals surface area contributed by atoms with Crippen molar-refractivity contribution in [2.24, 2.45) is 5.92 Å². The first kappa shape index (κ1) is 14.0. The van der Waals surface area contributed by atoms with Crippen LogP contribution in [0.3, 0.4) is 0 Å². The number of nitrogens with one attached hydrogen (secondary N) is 1. The Labute approximate surface area is 134 Å². The maximum Gasteiger partial charge on any atom is 0.287 e. The SMILES string of the molecule is C[C@H]1[C@H](NC(=O)c2ccc(-c3cccs3)o2)C2CCN1CC2. The third kappa shape index (κ3) is 2.38. The molecule has 2 aromatic rings. The average molecular weight is 316 g/mol. The van der Waals surface area contributed by atoms with Gasteiger partial charge in [-0.05, 0) is 62.4 Å². The van der Waals surface area contributed by atoms with Crippen LogP contribution in [0.25, 0.3) is 10.6 Å². The Bertz CT molecular complexity index is 654. The lowest BCUT2D eigenvalue weighted by Gasteiger charge is -2.49. The van der Waals surface area contributed by atoms with Crippen LogP contribution in [-0.2, 0) is 0 Å². The topological polar surface area (TPSA) is 45.5 Å². The highest BCUT2D eigenvalue weighted by molar-refractivity contribution is 7.13. The number of furan rings is 1. The van der Waals surface area contributed by atoms with Crippen LogP contribution in [0.15, 0.2) is 34.1 Å². The fraction of sp³-hybridized carbons (Fsp3) is 0.471. The van der Waals surface area contributed by atoms with Crippen molar-refractivity contribution >= 4 is 17.2 Å². The minimum Gasteiger partial charge on any atom is -0.450 e. The number of carbonyl (C=O) groups is 1. The zero-order valence-corrected chi connectivity index (χ0v) is 13.4. The van der Waals surface area contributed by atoms with Gasteiger partial charge in [-0.3, -0.25) is 9.69 Å². The normalized spacial score (nSPS) is 30.4. The van der Waals surface area contributed by atoms with Crippen molar-refractivity contribution in [1.82, 2.24) is 10.2 Å². The first-order chi connectivity index (χ1) is 10.7. The summed E-state index contributed by atoms with van der Waals surface area (Å²) in [6.07, 6.45) is 2.38. The number of rotatable bonds is 3. The lowest BCUT2D eigenvalue weighted by molar-refractivity contribution is 0.0211. The summed E-state index contributed by atoms with van der Waals surface area (Å²) in [5.74, 6) is 1.69. The summed E-state index contributed by atoms with van der Waals surface area (Å²) < 4.78 is 5.73. The van der Waals surface area contributed by atoms with Crippen LogP contribution < -0.4 is 5.32 Å². The number of thiophene rings is 1. The van der Waals surface area contributed by atoms with Gasteiger partial charge in [0.05, 0.1) is 4.88 Å². The van der Waals surface area contributed by atoms with E-state index in [-0.39, 0.29) is 11.9 Å². The fourth-order valence-electron chi connectivity index (χ4n) is 3.78. The van der Waals surface area contributed by atoms with Gasteiger partial charge in [-0.2, -0.15) is 0 Å². The van der Waals surface area contributed by atoms with E-state index < -0.39 is 0 Å². The second-order valence-electron chi connectivity index (χ2n) is 6.25. The number of piperidine rings is 3. The van der Waals surface area contributed by atoms with Crippen molar-refractivity contribution in [3.8, 4) is 10.6 Å². The van der Waals surface area contributed by atoms with Gasteiger partial charge in [-0.15, -0.1) is 11.3 Å². The molecule has 0 unspecified atom stereocenters. The highest BCUT2D eigenvalue weighted by Crippen LogP contribution is 2.32. The average Bonchev–Trinajstić information content (AvgIpc) is 3.21. The molecule has 116 valence electrons. The zero-order valence-electron chi connectivity index (χ0n) is 12.6. The molecule has 2 bridgehead atoms. The van der Waals surface area contributed by atoms with Gasteiger partial charge in [0.25, 0.3) is 5.91 Å². The molecule has 2 aromatic heterocycles. The number of hydrogen-bond acceptors (Lipinski definition) is 4. The molecule has 5 heteroatoms. The lowest BCUT2D eigenvalue weighted by Crippen LogP contribution is -2.62. The van der Waals surface area contributed by atoms with E-state index in [0.29, 0.717) is 17.7 Å². The summed E-state index contributed by atoms with van der Waals surface area (Å²) in [7, 11) is 0. The van der Waals surface area contributed by atoms with Crippen LogP contribution in [0.4, 0.5) is 0 Å². The van der Waals surface area contributed by atoms with Crippen LogP contribution in [0.1, 0.15) is 30.3 Å². The van der Waals surface area contributed by atoms with Crippen LogP contribution >= 0.6 is 11.3 Å². The molecule has 22 heavy (non-hydrogen) atoms. The first-order valence-corrected chi connectivity index (χ1v) is 8.79. The summed E-state index contributed by atoms with van der Waals surface area (Å²) in [6.45, 7) is 4.55. The van der Waals surface area contributed by atoms with Crippen molar-refractivity contribution in [3.05, 3.63) is 35.4 Å². The molecule has 2 atom stereocenters. The number of hydrogen-bond donors (Lipinski definition) is 1. The molecule has 5 rings (SSSR count). The predicted octanol–water partition coefficient (Wildman–Crippen LogP) is 3.22. The smallest absolute Gasteiger partial charge is 0.287 e. The number of amides is 1. The molecule has 3 fully saturated rings. The molecular weight excluding hydrogens is 296 g/mol. The molecule has 3 aliphatic rings. The van der Waals surface area contributed by atoms with Gasteiger partial charge in [0, 0.05) is 12.1 Å². The Balaban J connectivity index is 1.48. The Morgan fingerprint density at radius 2 is 2.14 bits per heavy atom. The van der Waals surface area contributed by atoms with E-state index in [1.165, 1.54) is 25.9 Å². The summed E-state index contributed by atoms with van der Waals surface area (Å²) in [4.78, 5) is 16.0. The molecule has 0 saturated carbocycles. The van der Waals surface area contributed by atoms with Gasteiger partial charge < -0.3 is 9.73 Å². The molecule has 3 saturated heterocycles. The van der Waals surface area contributed by atoms with Crippen molar-refractivity contribution < 1.29 is 9.21 Å². The van der Waals surface area contributed by atoms with E-state index in [1.54, 1.807) is 17.4 Å².